The number of aldehydes is 2. The first-order valence-corrected chi connectivity index (χ1v) is 12.0. The summed E-state index contributed by atoms with van der Waals surface area (Å²) in [5.74, 6) is 1.89. The van der Waals surface area contributed by atoms with Gasteiger partial charge in [0.1, 0.15) is 24.1 Å². The number of ketones is 2. The predicted octanol–water partition coefficient (Wildman–Crippen LogP) is 5.22. The van der Waals surface area contributed by atoms with Gasteiger partial charge in [-0.15, -0.1) is 0 Å². The molecule has 1 N–H and O–H groups in total. The number of hydrogen-bond donors (Lipinski definition) is 1. The van der Waals surface area contributed by atoms with Crippen LogP contribution >= 0.6 is 15.9 Å². The fraction of sp³-hybridized carbons (Fsp3) is 0.385. The zero-order valence-corrected chi connectivity index (χ0v) is 22.1. The second-order valence-electron chi connectivity index (χ2n) is 7.23. The monoisotopic (exact) mass is 552 g/mol. The van der Waals surface area contributed by atoms with Crippen molar-refractivity contribution in [1.82, 2.24) is 0 Å². The summed E-state index contributed by atoms with van der Waals surface area (Å²) in [5, 5.41) is 10.0. The van der Waals surface area contributed by atoms with Crippen LogP contribution in [0.15, 0.2) is 36.4 Å². The maximum Gasteiger partial charge on any atom is 0.161 e. The van der Waals surface area contributed by atoms with Gasteiger partial charge < -0.3 is 28.9 Å². The minimum absolute atomic E-state index is 0.0399. The third kappa shape index (κ3) is 14.6. The second-order valence-corrected chi connectivity index (χ2v) is 8.02. The molecule has 0 spiro atoms. The second kappa shape index (κ2) is 19.1. The molecule has 0 aliphatic rings. The molecule has 9 heteroatoms. The Morgan fingerprint density at radius 2 is 1.34 bits per heavy atom. The van der Waals surface area contributed by atoms with Gasteiger partial charge in [0.05, 0.1) is 20.8 Å². The minimum atomic E-state index is 0.0399. The highest BCUT2D eigenvalue weighted by Crippen LogP contribution is 2.27. The first-order valence-electron chi connectivity index (χ1n) is 10.8. The molecule has 0 radical (unpaired) electrons. The molecule has 0 saturated carbocycles. The number of carbonyl (C=O) groups excluding carboxylic acids is 4. The lowest BCUT2D eigenvalue weighted by Crippen LogP contribution is -2.02. The van der Waals surface area contributed by atoms with Crippen LogP contribution in [0.4, 0.5) is 0 Å². The molecule has 8 nitrogen and oxygen atoms in total. The molecule has 192 valence electrons. The van der Waals surface area contributed by atoms with E-state index in [4.69, 9.17) is 19.3 Å². The van der Waals surface area contributed by atoms with E-state index in [0.717, 1.165) is 18.0 Å². The van der Waals surface area contributed by atoms with Crippen LogP contribution in [0, 0.1) is 0 Å². The average Bonchev–Trinajstić information content (AvgIpc) is 2.86. The van der Waals surface area contributed by atoms with Gasteiger partial charge in [-0.3, -0.25) is 9.59 Å². The van der Waals surface area contributed by atoms with E-state index in [1.54, 1.807) is 32.0 Å². The van der Waals surface area contributed by atoms with E-state index in [-0.39, 0.29) is 17.3 Å². The fourth-order valence-corrected chi connectivity index (χ4v) is 2.74. The van der Waals surface area contributed by atoms with Gasteiger partial charge in [-0.2, -0.15) is 0 Å². The topological polar surface area (TPSA) is 116 Å². The molecule has 0 aliphatic carbocycles. The average molecular weight is 553 g/mol. The molecular formula is C26H33BrO8. The van der Waals surface area contributed by atoms with Crippen LogP contribution in [-0.2, 0) is 9.59 Å². The molecule has 2 rings (SSSR count). The summed E-state index contributed by atoms with van der Waals surface area (Å²) in [6, 6.07) is 9.38. The SMILES string of the molecule is CC(=O)CCCBr.COc1cc(C=O)ccc1O.COc1cc(C=O)ccc1OCCCC(C)=O. The van der Waals surface area contributed by atoms with E-state index in [9.17, 15) is 19.2 Å². The molecule has 0 unspecified atom stereocenters. The smallest absolute Gasteiger partial charge is 0.161 e. The van der Waals surface area contributed by atoms with E-state index >= 15 is 0 Å². The first kappa shape index (κ1) is 31.8. The highest BCUT2D eigenvalue weighted by Gasteiger charge is 2.05. The highest BCUT2D eigenvalue weighted by atomic mass is 79.9. The molecule has 0 aliphatic heterocycles. The van der Waals surface area contributed by atoms with E-state index in [0.29, 0.717) is 60.5 Å². The summed E-state index contributed by atoms with van der Waals surface area (Å²) < 4.78 is 15.4. The predicted molar refractivity (Wildman–Crippen MR) is 138 cm³/mol. The lowest BCUT2D eigenvalue weighted by Gasteiger charge is -2.10. The van der Waals surface area contributed by atoms with Crippen LogP contribution in [0.25, 0.3) is 0 Å². The number of rotatable bonds is 12. The Balaban J connectivity index is 0.000000550. The zero-order valence-electron chi connectivity index (χ0n) is 20.5. The third-order valence-electron chi connectivity index (χ3n) is 4.26. The van der Waals surface area contributed by atoms with Crippen LogP contribution < -0.4 is 14.2 Å². The van der Waals surface area contributed by atoms with Crippen molar-refractivity contribution in [3.8, 4) is 23.0 Å². The quantitative estimate of drug-likeness (QED) is 0.216. The number of ether oxygens (including phenoxy) is 3. The van der Waals surface area contributed by atoms with Crippen molar-refractivity contribution in [3.05, 3.63) is 47.5 Å². The minimum Gasteiger partial charge on any atom is -0.504 e. The third-order valence-corrected chi connectivity index (χ3v) is 4.82. The van der Waals surface area contributed by atoms with Crippen LogP contribution in [0.5, 0.6) is 23.0 Å². The Morgan fingerprint density at radius 1 is 0.829 bits per heavy atom. The van der Waals surface area contributed by atoms with Crippen molar-refractivity contribution in [3.63, 3.8) is 0 Å². The normalized spacial score (nSPS) is 9.40. The van der Waals surface area contributed by atoms with Crippen LogP contribution in [-0.4, -0.2) is 55.4 Å². The Labute approximate surface area is 214 Å². The molecule has 2 aromatic rings. The van der Waals surface area contributed by atoms with Gasteiger partial charge >= 0.3 is 0 Å². The van der Waals surface area contributed by atoms with Crippen LogP contribution in [0.1, 0.15) is 60.2 Å². The highest BCUT2D eigenvalue weighted by molar-refractivity contribution is 9.09. The summed E-state index contributed by atoms with van der Waals surface area (Å²) >= 11 is 3.23. The Kier molecular flexibility index (Phi) is 17.4. The lowest BCUT2D eigenvalue weighted by molar-refractivity contribution is -0.117. The number of alkyl halides is 1. The van der Waals surface area contributed by atoms with Crippen LogP contribution in [0.3, 0.4) is 0 Å². The standard InChI is InChI=1S/C13H16O4.C8H8O3.C5H9BrO/c1-10(15)4-3-7-17-12-6-5-11(9-14)8-13(12)16-2;1-11-8-4-6(5-9)2-3-7(8)10;1-5(7)3-2-4-6/h5-6,8-9H,3-4,7H2,1-2H3;2-5,10H,1H3;2-4H2,1H3. The summed E-state index contributed by atoms with van der Waals surface area (Å²) in [4.78, 5) is 41.8. The molecule has 2 aromatic carbocycles. The first-order chi connectivity index (χ1) is 16.7. The molecular weight excluding hydrogens is 520 g/mol. The van der Waals surface area contributed by atoms with Crippen molar-refractivity contribution in [2.45, 2.75) is 39.5 Å². The van der Waals surface area contributed by atoms with E-state index in [1.807, 2.05) is 0 Å². The molecule has 0 aromatic heterocycles. The molecule has 0 atom stereocenters. The summed E-state index contributed by atoms with van der Waals surface area (Å²) in [5.41, 5.74) is 1.03. The number of halogens is 1. The Morgan fingerprint density at radius 3 is 1.80 bits per heavy atom. The maximum absolute atomic E-state index is 10.7. The van der Waals surface area contributed by atoms with Gasteiger partial charge in [-0.1, -0.05) is 15.9 Å². The molecule has 0 amide bonds. The van der Waals surface area contributed by atoms with Crippen molar-refractivity contribution in [2.24, 2.45) is 0 Å². The summed E-state index contributed by atoms with van der Waals surface area (Å²) in [6.07, 6.45) is 4.31. The van der Waals surface area contributed by atoms with Gasteiger partial charge in [0.25, 0.3) is 0 Å². The summed E-state index contributed by atoms with van der Waals surface area (Å²) in [6.45, 7) is 3.62. The molecule has 35 heavy (non-hydrogen) atoms. The number of phenols is 1. The zero-order chi connectivity index (χ0) is 26.6. The van der Waals surface area contributed by atoms with Gasteiger partial charge in [0, 0.05) is 29.3 Å². The van der Waals surface area contributed by atoms with Gasteiger partial charge in [-0.05, 0) is 63.1 Å². The molecule has 0 saturated heterocycles. The van der Waals surface area contributed by atoms with Crippen molar-refractivity contribution >= 4 is 40.1 Å². The number of methoxy groups -OCH3 is 2. The lowest BCUT2D eigenvalue weighted by atomic mass is 10.2. The number of phenolic OH excluding ortho intramolecular Hbond substituents is 1. The van der Waals surface area contributed by atoms with E-state index < -0.39 is 0 Å². The largest absolute Gasteiger partial charge is 0.504 e. The Bertz CT molecular complexity index is 943. The maximum atomic E-state index is 10.7. The molecule has 0 bridgehead atoms. The summed E-state index contributed by atoms with van der Waals surface area (Å²) in [7, 11) is 2.95. The number of hydrogen-bond acceptors (Lipinski definition) is 8. The molecule has 0 heterocycles. The number of aromatic hydroxyl groups is 1. The van der Waals surface area contributed by atoms with E-state index in [1.165, 1.54) is 32.4 Å². The molecule has 0 fully saturated rings. The van der Waals surface area contributed by atoms with Gasteiger partial charge in [0.2, 0.25) is 0 Å². The Hall–Kier alpha value is -3.20. The van der Waals surface area contributed by atoms with Crippen molar-refractivity contribution in [1.29, 1.82) is 0 Å². The number of carbonyl (C=O) groups is 4. The number of Topliss-reactive ketones (excluding diaryl/α,β-unsaturated/α-hetero) is 2. The van der Waals surface area contributed by atoms with Gasteiger partial charge in [0.15, 0.2) is 23.0 Å². The van der Waals surface area contributed by atoms with Crippen LogP contribution in [0.2, 0.25) is 0 Å². The van der Waals surface area contributed by atoms with E-state index in [2.05, 4.69) is 15.9 Å². The van der Waals surface area contributed by atoms with Crippen molar-refractivity contribution in [2.75, 3.05) is 26.2 Å². The van der Waals surface area contributed by atoms with Gasteiger partial charge in [-0.25, -0.2) is 0 Å². The fourth-order valence-electron chi connectivity index (χ4n) is 2.46. The number of benzene rings is 2. The van der Waals surface area contributed by atoms with Crippen molar-refractivity contribution < 1.29 is 38.5 Å².